The van der Waals surface area contributed by atoms with Gasteiger partial charge in [0.2, 0.25) is 0 Å². The Bertz CT molecular complexity index is 269. The van der Waals surface area contributed by atoms with Gasteiger partial charge in [-0.3, -0.25) is 0 Å². The highest BCUT2D eigenvalue weighted by molar-refractivity contribution is 5.14. The molecule has 98 valence electrons. The molecule has 0 aromatic heterocycles. The fraction of sp³-hybridized carbons (Fsp3) is 0.857. The van der Waals surface area contributed by atoms with Crippen molar-refractivity contribution in [2.75, 3.05) is 19.8 Å². The summed E-state index contributed by atoms with van der Waals surface area (Å²) in [7, 11) is 0. The Morgan fingerprint density at radius 3 is 2.88 bits per heavy atom. The molecule has 0 radical (unpaired) electrons. The average molecular weight is 239 g/mol. The summed E-state index contributed by atoms with van der Waals surface area (Å²) in [4.78, 5) is 0. The molecule has 0 spiro atoms. The number of rotatable bonds is 5. The summed E-state index contributed by atoms with van der Waals surface area (Å²) in [6, 6.07) is 0.227. The van der Waals surface area contributed by atoms with Crippen molar-refractivity contribution >= 4 is 0 Å². The maximum absolute atomic E-state index is 6.05. The van der Waals surface area contributed by atoms with E-state index in [4.69, 9.17) is 9.47 Å². The highest BCUT2D eigenvalue weighted by atomic mass is 16.5. The summed E-state index contributed by atoms with van der Waals surface area (Å²) >= 11 is 0. The summed E-state index contributed by atoms with van der Waals surface area (Å²) in [6.45, 7) is 7.15. The lowest BCUT2D eigenvalue weighted by Crippen LogP contribution is -2.53. The van der Waals surface area contributed by atoms with E-state index in [0.29, 0.717) is 0 Å². The molecule has 0 aromatic rings. The minimum absolute atomic E-state index is 0.0937. The molecular weight excluding hydrogens is 214 g/mol. The normalized spacial score (nSPS) is 30.8. The maximum atomic E-state index is 6.05. The van der Waals surface area contributed by atoms with Gasteiger partial charge in [-0.15, -0.1) is 0 Å². The van der Waals surface area contributed by atoms with Gasteiger partial charge in [-0.25, -0.2) is 0 Å². The fourth-order valence-electron chi connectivity index (χ4n) is 2.73. The second-order valence-corrected chi connectivity index (χ2v) is 5.25. The van der Waals surface area contributed by atoms with Crippen LogP contribution in [0.25, 0.3) is 0 Å². The van der Waals surface area contributed by atoms with Crippen molar-refractivity contribution in [3.8, 4) is 0 Å². The number of hydrogen-bond acceptors (Lipinski definition) is 3. The van der Waals surface area contributed by atoms with Crippen LogP contribution in [0.5, 0.6) is 0 Å². The van der Waals surface area contributed by atoms with Crippen molar-refractivity contribution in [1.82, 2.24) is 5.32 Å². The third kappa shape index (κ3) is 3.02. The summed E-state index contributed by atoms with van der Waals surface area (Å²) in [6.07, 6.45) is 7.96. The molecule has 1 N–H and O–H groups in total. The lowest BCUT2D eigenvalue weighted by Gasteiger charge is -2.41. The minimum atomic E-state index is -0.0937. The SMILES string of the molecule is CCCNC(C1=CCCO1)C1(C)CCCCO1. The largest absolute Gasteiger partial charge is 0.496 e. The first kappa shape index (κ1) is 12.9. The monoisotopic (exact) mass is 239 g/mol. The standard InChI is InChI=1S/C14H25NO2/c1-3-9-15-13(12-7-6-10-16-12)14(2)8-4-5-11-17-14/h7,13,15H,3-6,8-11H2,1-2H3. The van der Waals surface area contributed by atoms with E-state index in [9.17, 15) is 0 Å². The number of nitrogens with one attached hydrogen (secondary N) is 1. The summed E-state index contributed by atoms with van der Waals surface area (Å²) in [5.74, 6) is 1.10. The van der Waals surface area contributed by atoms with E-state index in [2.05, 4.69) is 25.2 Å². The van der Waals surface area contributed by atoms with Crippen molar-refractivity contribution in [3.05, 3.63) is 11.8 Å². The van der Waals surface area contributed by atoms with E-state index < -0.39 is 0 Å². The molecule has 17 heavy (non-hydrogen) atoms. The van der Waals surface area contributed by atoms with Gasteiger partial charge in [0.1, 0.15) is 5.76 Å². The molecule has 0 amide bonds. The third-order valence-corrected chi connectivity index (χ3v) is 3.73. The van der Waals surface area contributed by atoms with Gasteiger partial charge in [0.05, 0.1) is 18.2 Å². The Kier molecular flexibility index (Phi) is 4.46. The lowest BCUT2D eigenvalue weighted by atomic mass is 9.86. The summed E-state index contributed by atoms with van der Waals surface area (Å²) in [5, 5.41) is 3.60. The molecule has 2 aliphatic heterocycles. The fourth-order valence-corrected chi connectivity index (χ4v) is 2.73. The smallest absolute Gasteiger partial charge is 0.112 e. The lowest BCUT2D eigenvalue weighted by molar-refractivity contribution is -0.0888. The first-order valence-electron chi connectivity index (χ1n) is 6.96. The van der Waals surface area contributed by atoms with E-state index in [1.165, 1.54) is 12.8 Å². The van der Waals surface area contributed by atoms with Gasteiger partial charge in [-0.2, -0.15) is 0 Å². The Labute approximate surface area is 105 Å². The zero-order chi connectivity index (χ0) is 12.1. The molecule has 3 nitrogen and oxygen atoms in total. The van der Waals surface area contributed by atoms with Gasteiger partial charge in [-0.1, -0.05) is 6.92 Å². The maximum Gasteiger partial charge on any atom is 0.112 e. The summed E-state index contributed by atoms with van der Waals surface area (Å²) < 4.78 is 11.8. The van der Waals surface area contributed by atoms with Crippen LogP contribution in [-0.2, 0) is 9.47 Å². The van der Waals surface area contributed by atoms with E-state index in [0.717, 1.165) is 44.8 Å². The quantitative estimate of drug-likeness (QED) is 0.800. The van der Waals surface area contributed by atoms with Crippen LogP contribution in [0.1, 0.15) is 46.0 Å². The Hall–Kier alpha value is -0.540. The number of hydrogen-bond donors (Lipinski definition) is 1. The van der Waals surface area contributed by atoms with E-state index in [-0.39, 0.29) is 11.6 Å². The third-order valence-electron chi connectivity index (χ3n) is 3.73. The van der Waals surface area contributed by atoms with E-state index in [1.54, 1.807) is 0 Å². The van der Waals surface area contributed by atoms with E-state index in [1.807, 2.05) is 0 Å². The van der Waals surface area contributed by atoms with Gasteiger partial charge in [0.15, 0.2) is 0 Å². The summed E-state index contributed by atoms with van der Waals surface area (Å²) in [5.41, 5.74) is -0.0937. The second kappa shape index (κ2) is 5.87. The molecule has 1 saturated heterocycles. The molecule has 1 fully saturated rings. The molecule has 2 unspecified atom stereocenters. The highest BCUT2D eigenvalue weighted by Crippen LogP contribution is 2.33. The van der Waals surface area contributed by atoms with Crippen molar-refractivity contribution < 1.29 is 9.47 Å². The molecular formula is C14H25NO2. The van der Waals surface area contributed by atoms with Gasteiger partial charge >= 0.3 is 0 Å². The molecule has 3 heteroatoms. The zero-order valence-electron chi connectivity index (χ0n) is 11.1. The first-order chi connectivity index (χ1) is 8.26. The van der Waals surface area contributed by atoms with Crippen molar-refractivity contribution in [3.63, 3.8) is 0 Å². The average Bonchev–Trinajstić information content (AvgIpc) is 2.84. The second-order valence-electron chi connectivity index (χ2n) is 5.25. The van der Waals surface area contributed by atoms with Crippen LogP contribution < -0.4 is 5.32 Å². The predicted octanol–water partition coefficient (Wildman–Crippen LogP) is 2.62. The van der Waals surface area contributed by atoms with Crippen LogP contribution >= 0.6 is 0 Å². The molecule has 0 aliphatic carbocycles. The minimum Gasteiger partial charge on any atom is -0.496 e. The van der Waals surface area contributed by atoms with Gasteiger partial charge < -0.3 is 14.8 Å². The molecule has 2 rings (SSSR count). The molecule has 2 atom stereocenters. The van der Waals surface area contributed by atoms with Crippen molar-refractivity contribution in [1.29, 1.82) is 0 Å². The number of ether oxygens (including phenoxy) is 2. The Morgan fingerprint density at radius 2 is 2.29 bits per heavy atom. The zero-order valence-corrected chi connectivity index (χ0v) is 11.1. The highest BCUT2D eigenvalue weighted by Gasteiger charge is 2.40. The molecule has 0 aromatic carbocycles. The van der Waals surface area contributed by atoms with Crippen LogP contribution in [0.3, 0.4) is 0 Å². The van der Waals surface area contributed by atoms with Gasteiger partial charge in [-0.05, 0) is 45.2 Å². The van der Waals surface area contributed by atoms with Crippen molar-refractivity contribution in [2.24, 2.45) is 0 Å². The van der Waals surface area contributed by atoms with Gasteiger partial charge in [0, 0.05) is 13.0 Å². The topological polar surface area (TPSA) is 30.5 Å². The van der Waals surface area contributed by atoms with E-state index >= 15 is 0 Å². The Balaban J connectivity index is 2.07. The Morgan fingerprint density at radius 1 is 1.41 bits per heavy atom. The van der Waals surface area contributed by atoms with Crippen LogP contribution in [0, 0.1) is 0 Å². The van der Waals surface area contributed by atoms with Crippen molar-refractivity contribution in [2.45, 2.75) is 57.6 Å². The van der Waals surface area contributed by atoms with Crippen LogP contribution in [0.4, 0.5) is 0 Å². The van der Waals surface area contributed by atoms with Crippen LogP contribution in [0.15, 0.2) is 11.8 Å². The molecule has 0 bridgehead atoms. The molecule has 0 saturated carbocycles. The predicted molar refractivity (Wildman–Crippen MR) is 68.9 cm³/mol. The van der Waals surface area contributed by atoms with Gasteiger partial charge in [0.25, 0.3) is 0 Å². The van der Waals surface area contributed by atoms with Crippen LogP contribution in [-0.4, -0.2) is 31.4 Å². The molecule has 2 heterocycles. The molecule has 2 aliphatic rings. The first-order valence-corrected chi connectivity index (χ1v) is 6.96. The van der Waals surface area contributed by atoms with Crippen LogP contribution in [0.2, 0.25) is 0 Å².